The van der Waals surface area contributed by atoms with Crippen LogP contribution in [0.25, 0.3) is 10.9 Å². The third-order valence-corrected chi connectivity index (χ3v) is 2.98. The molecule has 0 spiro atoms. The molecule has 0 atom stereocenters. The summed E-state index contributed by atoms with van der Waals surface area (Å²) in [7, 11) is 0. The van der Waals surface area contributed by atoms with Crippen LogP contribution >= 0.6 is 0 Å². The Bertz CT molecular complexity index is 457. The second-order valence-electron chi connectivity index (χ2n) is 4.24. The van der Waals surface area contributed by atoms with Crippen molar-refractivity contribution in [3.63, 3.8) is 0 Å². The molecule has 2 rings (SSSR count). The molecule has 2 nitrogen and oxygen atoms in total. The highest BCUT2D eigenvalue weighted by Crippen LogP contribution is 2.21. The van der Waals surface area contributed by atoms with Crippen molar-refractivity contribution < 1.29 is 0 Å². The molecule has 1 aromatic carbocycles. The quantitative estimate of drug-likeness (QED) is 0.818. The van der Waals surface area contributed by atoms with E-state index in [-0.39, 0.29) is 0 Å². The molecule has 0 unspecified atom stereocenters. The molecule has 2 heteroatoms. The number of nitrogens with two attached hydrogens (primary N) is 1. The number of hydrogen-bond donors (Lipinski definition) is 1. The van der Waals surface area contributed by atoms with Crippen LogP contribution in [0.1, 0.15) is 25.5 Å². The maximum absolute atomic E-state index is 5.59. The smallest absolute Gasteiger partial charge is 0.0482 e. The van der Waals surface area contributed by atoms with E-state index in [2.05, 4.69) is 41.8 Å². The predicted molar refractivity (Wildman–Crippen MR) is 69.6 cm³/mol. The lowest BCUT2D eigenvalue weighted by Gasteiger charge is -2.08. The van der Waals surface area contributed by atoms with Crippen LogP contribution in [0.3, 0.4) is 0 Å². The summed E-state index contributed by atoms with van der Waals surface area (Å²) in [6.45, 7) is 4.10. The fourth-order valence-electron chi connectivity index (χ4n) is 2.25. The maximum Gasteiger partial charge on any atom is 0.0482 e. The first-order valence-electron chi connectivity index (χ1n) is 6.14. The van der Waals surface area contributed by atoms with Gasteiger partial charge in [-0.3, -0.25) is 0 Å². The molecule has 16 heavy (non-hydrogen) atoms. The molecule has 1 heterocycles. The monoisotopic (exact) mass is 216 g/mol. The van der Waals surface area contributed by atoms with E-state index in [1.165, 1.54) is 23.0 Å². The lowest BCUT2D eigenvalue weighted by Crippen LogP contribution is -2.06. The Morgan fingerprint density at radius 2 is 2.06 bits per heavy atom. The Morgan fingerprint density at radius 1 is 1.25 bits per heavy atom. The number of para-hydroxylation sites is 1. The van der Waals surface area contributed by atoms with Gasteiger partial charge in [-0.1, -0.05) is 25.1 Å². The van der Waals surface area contributed by atoms with Crippen molar-refractivity contribution in [2.45, 2.75) is 32.7 Å². The Labute approximate surface area is 97.1 Å². The van der Waals surface area contributed by atoms with Crippen molar-refractivity contribution >= 4 is 10.9 Å². The van der Waals surface area contributed by atoms with E-state index >= 15 is 0 Å². The number of benzene rings is 1. The fourth-order valence-corrected chi connectivity index (χ4v) is 2.25. The summed E-state index contributed by atoms with van der Waals surface area (Å²) in [4.78, 5) is 0. The van der Waals surface area contributed by atoms with E-state index in [0.29, 0.717) is 0 Å². The van der Waals surface area contributed by atoms with Crippen molar-refractivity contribution in [3.05, 3.63) is 36.0 Å². The second-order valence-corrected chi connectivity index (χ2v) is 4.24. The van der Waals surface area contributed by atoms with Gasteiger partial charge in [0.05, 0.1) is 0 Å². The van der Waals surface area contributed by atoms with Crippen LogP contribution in [0.4, 0.5) is 0 Å². The summed E-state index contributed by atoms with van der Waals surface area (Å²) in [5, 5.41) is 1.35. The molecular weight excluding hydrogens is 196 g/mol. The number of aromatic nitrogens is 1. The highest BCUT2D eigenvalue weighted by atomic mass is 15.0. The van der Waals surface area contributed by atoms with Crippen LogP contribution in [0.15, 0.2) is 30.3 Å². The molecule has 0 saturated heterocycles. The zero-order chi connectivity index (χ0) is 11.4. The van der Waals surface area contributed by atoms with Gasteiger partial charge in [-0.15, -0.1) is 0 Å². The van der Waals surface area contributed by atoms with Crippen molar-refractivity contribution in [3.8, 4) is 0 Å². The van der Waals surface area contributed by atoms with E-state index in [9.17, 15) is 0 Å². The van der Waals surface area contributed by atoms with Gasteiger partial charge in [0.15, 0.2) is 0 Å². The topological polar surface area (TPSA) is 30.9 Å². The summed E-state index contributed by atoms with van der Waals surface area (Å²) in [6, 6.07) is 10.9. The molecule has 0 amide bonds. The molecule has 0 aliphatic heterocycles. The Morgan fingerprint density at radius 3 is 2.81 bits per heavy atom. The van der Waals surface area contributed by atoms with Crippen LogP contribution in [0.2, 0.25) is 0 Å². The lowest BCUT2D eigenvalue weighted by molar-refractivity contribution is 0.654. The van der Waals surface area contributed by atoms with E-state index in [1.807, 2.05) is 0 Å². The minimum Gasteiger partial charge on any atom is -0.345 e. The summed E-state index contributed by atoms with van der Waals surface area (Å²) in [5.41, 5.74) is 8.37. The van der Waals surface area contributed by atoms with Crippen molar-refractivity contribution in [1.29, 1.82) is 0 Å². The van der Waals surface area contributed by atoms with Crippen LogP contribution in [-0.4, -0.2) is 11.1 Å². The summed E-state index contributed by atoms with van der Waals surface area (Å²) >= 11 is 0. The van der Waals surface area contributed by atoms with Gasteiger partial charge in [-0.25, -0.2) is 0 Å². The first kappa shape index (κ1) is 11.2. The number of hydrogen-bond acceptors (Lipinski definition) is 1. The average molecular weight is 216 g/mol. The molecule has 2 N–H and O–H groups in total. The SMILES string of the molecule is CCCn1c(CCCN)cc2ccccc21. The normalized spacial score (nSPS) is 11.1. The number of nitrogens with zero attached hydrogens (tertiary/aromatic N) is 1. The van der Waals surface area contributed by atoms with Gasteiger partial charge < -0.3 is 10.3 Å². The number of aryl methyl sites for hydroxylation is 2. The third kappa shape index (κ3) is 2.12. The zero-order valence-corrected chi connectivity index (χ0v) is 9.95. The van der Waals surface area contributed by atoms with Gasteiger partial charge in [-0.2, -0.15) is 0 Å². The fraction of sp³-hybridized carbons (Fsp3) is 0.429. The van der Waals surface area contributed by atoms with Crippen molar-refractivity contribution in [2.75, 3.05) is 6.54 Å². The molecule has 0 aliphatic carbocycles. The molecular formula is C14H20N2. The number of fused-ring (bicyclic) bond motifs is 1. The molecule has 2 aromatic rings. The van der Waals surface area contributed by atoms with Gasteiger partial charge in [0.2, 0.25) is 0 Å². The summed E-state index contributed by atoms with van der Waals surface area (Å²) < 4.78 is 2.44. The van der Waals surface area contributed by atoms with Crippen LogP contribution in [0.5, 0.6) is 0 Å². The van der Waals surface area contributed by atoms with Gasteiger partial charge in [-0.05, 0) is 43.3 Å². The van der Waals surface area contributed by atoms with Crippen molar-refractivity contribution in [1.82, 2.24) is 4.57 Å². The van der Waals surface area contributed by atoms with Gasteiger partial charge in [0.1, 0.15) is 0 Å². The Kier molecular flexibility index (Phi) is 3.62. The van der Waals surface area contributed by atoms with Crippen LogP contribution in [-0.2, 0) is 13.0 Å². The second kappa shape index (κ2) is 5.17. The van der Waals surface area contributed by atoms with Crippen LogP contribution < -0.4 is 5.73 Å². The van der Waals surface area contributed by atoms with Crippen LogP contribution in [0, 0.1) is 0 Å². The minimum absolute atomic E-state index is 0.771. The van der Waals surface area contributed by atoms with E-state index in [1.54, 1.807) is 0 Å². The molecule has 0 radical (unpaired) electrons. The molecule has 0 saturated carbocycles. The highest BCUT2D eigenvalue weighted by molar-refractivity contribution is 5.81. The maximum atomic E-state index is 5.59. The minimum atomic E-state index is 0.771. The van der Waals surface area contributed by atoms with Crippen molar-refractivity contribution in [2.24, 2.45) is 5.73 Å². The number of rotatable bonds is 5. The molecule has 0 fully saturated rings. The van der Waals surface area contributed by atoms with Gasteiger partial charge in [0.25, 0.3) is 0 Å². The highest BCUT2D eigenvalue weighted by Gasteiger charge is 2.06. The standard InChI is InChI=1S/C14H20N2/c1-2-10-16-13(7-5-9-15)11-12-6-3-4-8-14(12)16/h3-4,6,8,11H,2,5,7,9-10,15H2,1H3. The zero-order valence-electron chi connectivity index (χ0n) is 9.95. The van der Waals surface area contributed by atoms with Gasteiger partial charge >= 0.3 is 0 Å². The first-order valence-corrected chi connectivity index (χ1v) is 6.14. The van der Waals surface area contributed by atoms with Gasteiger partial charge in [0, 0.05) is 17.8 Å². The summed E-state index contributed by atoms with van der Waals surface area (Å²) in [6.07, 6.45) is 3.33. The summed E-state index contributed by atoms with van der Waals surface area (Å²) in [5.74, 6) is 0. The Hall–Kier alpha value is -1.28. The predicted octanol–water partition coefficient (Wildman–Crippen LogP) is 2.94. The van der Waals surface area contributed by atoms with E-state index < -0.39 is 0 Å². The Balaban J connectivity index is 2.41. The third-order valence-electron chi connectivity index (χ3n) is 2.98. The largest absolute Gasteiger partial charge is 0.345 e. The van der Waals surface area contributed by atoms with E-state index in [0.717, 1.165) is 25.9 Å². The molecule has 0 bridgehead atoms. The van der Waals surface area contributed by atoms with E-state index in [4.69, 9.17) is 5.73 Å². The average Bonchev–Trinajstić information content (AvgIpc) is 2.66. The lowest BCUT2D eigenvalue weighted by atomic mass is 10.2. The first-order chi connectivity index (χ1) is 7.86. The molecule has 0 aliphatic rings. The molecule has 86 valence electrons. The molecule has 1 aromatic heterocycles.